The summed E-state index contributed by atoms with van der Waals surface area (Å²) in [5, 5.41) is 9.16. The summed E-state index contributed by atoms with van der Waals surface area (Å²) < 4.78 is 20.1. The van der Waals surface area contributed by atoms with E-state index in [1.807, 2.05) is 0 Å². The second kappa shape index (κ2) is 3.83. The maximum absolute atomic E-state index is 12.1. The Morgan fingerprint density at radius 1 is 1.55 bits per heavy atom. The Morgan fingerprint density at radius 3 is 2.55 bits per heavy atom. The average Bonchev–Trinajstić information content (AvgIpc) is 2.05. The second-order valence-corrected chi connectivity index (χ2v) is 3.00. The molecule has 1 unspecified atom stereocenters. The predicted octanol–water partition coefficient (Wildman–Crippen LogP) is 2.45. The largest absolute Gasteiger partial charge is 0.386 e. The van der Waals surface area contributed by atoms with Crippen LogP contribution in [0.2, 0.25) is 0 Å². The van der Waals surface area contributed by atoms with Crippen LogP contribution in [0.4, 0.5) is 4.39 Å². The fraction of sp³-hybridized carbons (Fsp3) is 0.250. The van der Waals surface area contributed by atoms with E-state index in [1.54, 1.807) is 12.1 Å². The molecule has 0 bridgehead atoms. The molecule has 1 aromatic rings. The van der Waals surface area contributed by atoms with Gasteiger partial charge in [0.25, 0.3) is 0 Å². The van der Waals surface area contributed by atoms with Gasteiger partial charge in [-0.3, -0.25) is 0 Å². The van der Waals surface area contributed by atoms with Crippen LogP contribution in [0.5, 0.6) is 0 Å². The van der Waals surface area contributed by atoms with E-state index in [4.69, 9.17) is 6.48 Å². The Kier molecular flexibility index (Phi) is 2.53. The molecule has 0 saturated heterocycles. The van der Waals surface area contributed by atoms with Gasteiger partial charge in [-0.25, -0.2) is 4.39 Å². The van der Waals surface area contributed by atoms with Crippen molar-refractivity contribution in [1.82, 2.24) is 0 Å². The van der Waals surface area contributed by atoms with Crippen LogP contribution in [0.25, 0.3) is 0 Å². The Hall–Kier alpha value is -0.410. The minimum atomic E-state index is -2.11. The van der Waals surface area contributed by atoms with Crippen molar-refractivity contribution in [2.24, 2.45) is 0 Å². The molecule has 0 saturated carbocycles. The molecular weight excluding hydrogens is 211 g/mol. The third-order valence-electron chi connectivity index (χ3n) is 1.30. The standard InChI is InChI=1S/C8H8BrFO/c9-7-3-1-6(2-4-7)8(11)5-10/h1-4,8,11H,5H2/i8D. The van der Waals surface area contributed by atoms with Gasteiger partial charge in [-0.2, -0.15) is 0 Å². The Balaban J connectivity index is 2.96. The van der Waals surface area contributed by atoms with Gasteiger partial charge in [0.05, 0.1) is 1.37 Å². The van der Waals surface area contributed by atoms with Crippen LogP contribution < -0.4 is 0 Å². The van der Waals surface area contributed by atoms with E-state index in [-0.39, 0.29) is 5.56 Å². The monoisotopic (exact) mass is 219 g/mol. The number of halogens is 2. The van der Waals surface area contributed by atoms with Gasteiger partial charge in [0.15, 0.2) is 0 Å². The van der Waals surface area contributed by atoms with Crippen molar-refractivity contribution in [2.75, 3.05) is 6.67 Å². The molecule has 1 atom stereocenters. The third kappa shape index (κ3) is 2.27. The van der Waals surface area contributed by atoms with Gasteiger partial charge in [0, 0.05) is 4.47 Å². The quantitative estimate of drug-likeness (QED) is 0.811. The van der Waals surface area contributed by atoms with Crippen molar-refractivity contribution in [2.45, 2.75) is 6.08 Å². The van der Waals surface area contributed by atoms with Crippen molar-refractivity contribution < 1.29 is 10.9 Å². The number of alkyl halides is 1. The van der Waals surface area contributed by atoms with E-state index in [0.29, 0.717) is 0 Å². The van der Waals surface area contributed by atoms with Gasteiger partial charge in [-0.15, -0.1) is 0 Å². The molecule has 1 rings (SSSR count). The molecule has 1 nitrogen and oxygen atoms in total. The Labute approximate surface area is 74.4 Å². The van der Waals surface area contributed by atoms with E-state index in [1.165, 1.54) is 12.1 Å². The van der Waals surface area contributed by atoms with E-state index < -0.39 is 12.8 Å². The highest BCUT2D eigenvalue weighted by molar-refractivity contribution is 9.10. The summed E-state index contributed by atoms with van der Waals surface area (Å²) >= 11 is 3.20. The molecule has 0 radical (unpaired) electrons. The van der Waals surface area contributed by atoms with Gasteiger partial charge < -0.3 is 5.11 Å². The molecule has 3 heteroatoms. The fourth-order valence-electron chi connectivity index (χ4n) is 0.719. The van der Waals surface area contributed by atoms with Crippen molar-refractivity contribution >= 4 is 15.9 Å². The minimum absolute atomic E-state index is 0.258. The summed E-state index contributed by atoms with van der Waals surface area (Å²) in [5.74, 6) is 0. The van der Waals surface area contributed by atoms with E-state index in [2.05, 4.69) is 15.9 Å². The van der Waals surface area contributed by atoms with Gasteiger partial charge in [-0.05, 0) is 17.7 Å². The number of benzene rings is 1. The summed E-state index contributed by atoms with van der Waals surface area (Å²) in [5.41, 5.74) is 0.258. The third-order valence-corrected chi connectivity index (χ3v) is 1.83. The first-order valence-corrected chi connectivity index (χ1v) is 3.90. The van der Waals surface area contributed by atoms with Gasteiger partial charge >= 0.3 is 0 Å². The zero-order chi connectivity index (χ0) is 9.19. The normalized spacial score (nSPS) is 17.2. The zero-order valence-electron chi connectivity index (χ0n) is 6.72. The van der Waals surface area contributed by atoms with Gasteiger partial charge in [-0.1, -0.05) is 28.1 Å². The van der Waals surface area contributed by atoms with E-state index >= 15 is 0 Å². The van der Waals surface area contributed by atoms with Crippen molar-refractivity contribution in [3.63, 3.8) is 0 Å². The first kappa shape index (κ1) is 7.25. The maximum atomic E-state index is 12.1. The van der Waals surface area contributed by atoms with E-state index in [0.717, 1.165) is 4.47 Å². The Bertz CT molecular complexity index is 260. The summed E-state index contributed by atoms with van der Waals surface area (Å²) in [7, 11) is 0. The van der Waals surface area contributed by atoms with Crippen LogP contribution in [0, 0.1) is 0 Å². The van der Waals surface area contributed by atoms with Crippen LogP contribution >= 0.6 is 15.9 Å². The van der Waals surface area contributed by atoms with Crippen molar-refractivity contribution in [1.29, 1.82) is 0 Å². The predicted molar refractivity (Wildman–Crippen MR) is 45.1 cm³/mol. The topological polar surface area (TPSA) is 20.2 Å². The zero-order valence-corrected chi connectivity index (χ0v) is 7.31. The van der Waals surface area contributed by atoms with Crippen LogP contribution in [0.3, 0.4) is 0 Å². The van der Waals surface area contributed by atoms with Gasteiger partial charge in [0.1, 0.15) is 12.8 Å². The molecule has 1 N–H and O–H groups in total. The van der Waals surface area contributed by atoms with Crippen LogP contribution in [-0.2, 0) is 0 Å². The molecule has 0 amide bonds. The molecule has 0 aliphatic heterocycles. The molecule has 0 spiro atoms. The summed E-state index contributed by atoms with van der Waals surface area (Å²) in [6.45, 7) is -1.10. The molecular formula is C8H8BrFO. The average molecular weight is 220 g/mol. The number of rotatable bonds is 2. The molecule has 60 valence electrons. The highest BCUT2D eigenvalue weighted by atomic mass is 79.9. The summed E-state index contributed by atoms with van der Waals surface area (Å²) in [4.78, 5) is 0. The lowest BCUT2D eigenvalue weighted by Gasteiger charge is -2.04. The van der Waals surface area contributed by atoms with Crippen molar-refractivity contribution in [3.05, 3.63) is 34.3 Å². The lowest BCUT2D eigenvalue weighted by atomic mass is 10.1. The van der Waals surface area contributed by atoms with Crippen molar-refractivity contribution in [3.8, 4) is 0 Å². The lowest BCUT2D eigenvalue weighted by Crippen LogP contribution is -1.97. The molecule has 1 aromatic carbocycles. The summed E-state index contributed by atoms with van der Waals surface area (Å²) in [6.07, 6.45) is -2.11. The smallest absolute Gasteiger partial charge is 0.119 e. The summed E-state index contributed by atoms with van der Waals surface area (Å²) in [6, 6.07) is 6.34. The highest BCUT2D eigenvalue weighted by Crippen LogP contribution is 2.16. The van der Waals surface area contributed by atoms with Crippen LogP contribution in [-0.4, -0.2) is 11.8 Å². The molecule has 0 aliphatic rings. The molecule has 0 fully saturated rings. The Morgan fingerprint density at radius 2 is 2.09 bits per heavy atom. The molecule has 0 aromatic heterocycles. The highest BCUT2D eigenvalue weighted by Gasteiger charge is 2.04. The second-order valence-electron chi connectivity index (χ2n) is 2.09. The van der Waals surface area contributed by atoms with Crippen LogP contribution in [0.1, 0.15) is 13.0 Å². The lowest BCUT2D eigenvalue weighted by molar-refractivity contribution is 0.142. The molecule has 0 aliphatic carbocycles. The minimum Gasteiger partial charge on any atom is -0.386 e. The first-order chi connectivity index (χ1) is 5.56. The van der Waals surface area contributed by atoms with Gasteiger partial charge in [0.2, 0.25) is 0 Å². The van der Waals surface area contributed by atoms with E-state index in [9.17, 15) is 4.39 Å². The SMILES string of the molecule is [2H]C(O)(CF)c1ccc(Br)cc1. The number of aliphatic hydroxyl groups is 1. The fourth-order valence-corrected chi connectivity index (χ4v) is 0.984. The number of hydrogen-bond donors (Lipinski definition) is 1. The van der Waals surface area contributed by atoms with Crippen LogP contribution in [0.15, 0.2) is 28.7 Å². The maximum Gasteiger partial charge on any atom is 0.119 e. The molecule has 11 heavy (non-hydrogen) atoms. The number of hydrogen-bond acceptors (Lipinski definition) is 1. The first-order valence-electron chi connectivity index (χ1n) is 3.60. The molecule has 0 heterocycles.